The first-order valence-electron chi connectivity index (χ1n) is 7.54. The standard InChI is InChI=1S/C15H30N2O/c1-5-8-13(6-2)17-14(18)15(3,4)12-9-7-10-16-11-12/h12-13,16H,5-11H2,1-4H3,(H,17,18). The fraction of sp³-hybridized carbons (Fsp3) is 0.933. The van der Waals surface area contributed by atoms with Gasteiger partial charge in [0.15, 0.2) is 0 Å². The van der Waals surface area contributed by atoms with Crippen LogP contribution in [0.3, 0.4) is 0 Å². The zero-order chi connectivity index (χ0) is 13.6. The van der Waals surface area contributed by atoms with Crippen molar-refractivity contribution in [2.75, 3.05) is 13.1 Å². The maximum atomic E-state index is 12.5. The molecule has 0 aromatic heterocycles. The second-order valence-electron chi connectivity index (χ2n) is 6.13. The van der Waals surface area contributed by atoms with Crippen LogP contribution in [0.2, 0.25) is 0 Å². The van der Waals surface area contributed by atoms with Gasteiger partial charge in [-0.2, -0.15) is 0 Å². The lowest BCUT2D eigenvalue weighted by Crippen LogP contribution is -2.49. The van der Waals surface area contributed by atoms with E-state index < -0.39 is 0 Å². The van der Waals surface area contributed by atoms with Crippen molar-refractivity contribution in [2.45, 2.75) is 65.8 Å². The van der Waals surface area contributed by atoms with E-state index in [2.05, 4.69) is 38.3 Å². The molecule has 2 unspecified atom stereocenters. The van der Waals surface area contributed by atoms with E-state index in [0.29, 0.717) is 12.0 Å². The first kappa shape index (κ1) is 15.5. The predicted molar refractivity (Wildman–Crippen MR) is 76.5 cm³/mol. The van der Waals surface area contributed by atoms with Crippen molar-refractivity contribution in [2.24, 2.45) is 11.3 Å². The molecular weight excluding hydrogens is 224 g/mol. The minimum Gasteiger partial charge on any atom is -0.353 e. The Morgan fingerprint density at radius 3 is 2.67 bits per heavy atom. The number of piperidine rings is 1. The smallest absolute Gasteiger partial charge is 0.226 e. The van der Waals surface area contributed by atoms with Crippen molar-refractivity contribution in [3.63, 3.8) is 0 Å². The Morgan fingerprint density at radius 1 is 1.44 bits per heavy atom. The van der Waals surface area contributed by atoms with Crippen molar-refractivity contribution >= 4 is 5.91 Å². The highest BCUT2D eigenvalue weighted by Crippen LogP contribution is 2.32. The topological polar surface area (TPSA) is 41.1 Å². The minimum atomic E-state index is -0.255. The third-order valence-corrected chi connectivity index (χ3v) is 4.37. The van der Waals surface area contributed by atoms with Crippen molar-refractivity contribution in [1.29, 1.82) is 0 Å². The maximum absolute atomic E-state index is 12.5. The number of carbonyl (C=O) groups is 1. The molecule has 1 aliphatic rings. The summed E-state index contributed by atoms with van der Waals surface area (Å²) in [4.78, 5) is 12.5. The molecule has 1 saturated heterocycles. The van der Waals surface area contributed by atoms with Crippen LogP contribution in [0.4, 0.5) is 0 Å². The zero-order valence-electron chi connectivity index (χ0n) is 12.5. The Labute approximate surface area is 112 Å². The summed E-state index contributed by atoms with van der Waals surface area (Å²) >= 11 is 0. The molecule has 106 valence electrons. The number of hydrogen-bond acceptors (Lipinski definition) is 2. The van der Waals surface area contributed by atoms with E-state index in [0.717, 1.165) is 38.8 Å². The number of carbonyl (C=O) groups excluding carboxylic acids is 1. The molecule has 0 radical (unpaired) electrons. The summed E-state index contributed by atoms with van der Waals surface area (Å²) < 4.78 is 0. The highest BCUT2D eigenvalue weighted by atomic mass is 16.2. The molecule has 18 heavy (non-hydrogen) atoms. The van der Waals surface area contributed by atoms with Gasteiger partial charge in [-0.15, -0.1) is 0 Å². The Hall–Kier alpha value is -0.570. The van der Waals surface area contributed by atoms with Crippen molar-refractivity contribution in [3.05, 3.63) is 0 Å². The molecule has 1 rings (SSSR count). The van der Waals surface area contributed by atoms with E-state index in [1.165, 1.54) is 6.42 Å². The van der Waals surface area contributed by atoms with Crippen LogP contribution in [0.5, 0.6) is 0 Å². The van der Waals surface area contributed by atoms with Gasteiger partial charge in [0.2, 0.25) is 5.91 Å². The molecule has 2 atom stereocenters. The summed E-state index contributed by atoms with van der Waals surface area (Å²) in [7, 11) is 0. The molecule has 2 N–H and O–H groups in total. The number of hydrogen-bond donors (Lipinski definition) is 2. The van der Waals surface area contributed by atoms with Crippen molar-refractivity contribution < 1.29 is 4.79 Å². The highest BCUT2D eigenvalue weighted by molar-refractivity contribution is 5.82. The van der Waals surface area contributed by atoms with Gasteiger partial charge in [0, 0.05) is 11.5 Å². The Morgan fingerprint density at radius 2 is 2.17 bits per heavy atom. The molecule has 3 nitrogen and oxygen atoms in total. The first-order chi connectivity index (χ1) is 8.52. The van der Waals surface area contributed by atoms with Crippen LogP contribution in [-0.4, -0.2) is 25.0 Å². The summed E-state index contributed by atoms with van der Waals surface area (Å²) in [5.41, 5.74) is -0.255. The Kier molecular flexibility index (Phi) is 6.13. The molecule has 0 aliphatic carbocycles. The minimum absolute atomic E-state index is 0.233. The van der Waals surface area contributed by atoms with Crippen LogP contribution in [0, 0.1) is 11.3 Å². The normalized spacial score (nSPS) is 22.6. The van der Waals surface area contributed by atoms with E-state index in [1.54, 1.807) is 0 Å². The summed E-state index contributed by atoms with van der Waals surface area (Å²) in [6.45, 7) is 10.6. The van der Waals surface area contributed by atoms with Gasteiger partial charge in [-0.1, -0.05) is 34.1 Å². The Balaban J connectivity index is 2.56. The van der Waals surface area contributed by atoms with Crippen LogP contribution in [0.1, 0.15) is 59.8 Å². The molecule has 3 heteroatoms. The monoisotopic (exact) mass is 254 g/mol. The van der Waals surface area contributed by atoms with Gasteiger partial charge in [0.1, 0.15) is 0 Å². The van der Waals surface area contributed by atoms with Gasteiger partial charge in [-0.3, -0.25) is 4.79 Å². The van der Waals surface area contributed by atoms with E-state index in [1.807, 2.05) is 0 Å². The molecule has 0 aromatic rings. The summed E-state index contributed by atoms with van der Waals surface area (Å²) in [6, 6.07) is 0.346. The quantitative estimate of drug-likeness (QED) is 0.765. The van der Waals surface area contributed by atoms with Gasteiger partial charge in [0.05, 0.1) is 0 Å². The lowest BCUT2D eigenvalue weighted by Gasteiger charge is -2.37. The molecule has 0 spiro atoms. The lowest BCUT2D eigenvalue weighted by atomic mass is 9.74. The van der Waals surface area contributed by atoms with Gasteiger partial charge in [-0.25, -0.2) is 0 Å². The second kappa shape index (κ2) is 7.13. The van der Waals surface area contributed by atoms with Crippen LogP contribution in [0.15, 0.2) is 0 Å². The van der Waals surface area contributed by atoms with Gasteiger partial charge in [-0.05, 0) is 44.7 Å². The van der Waals surface area contributed by atoms with Crippen molar-refractivity contribution in [3.8, 4) is 0 Å². The zero-order valence-corrected chi connectivity index (χ0v) is 12.5. The largest absolute Gasteiger partial charge is 0.353 e. The average molecular weight is 254 g/mol. The van der Waals surface area contributed by atoms with E-state index in [4.69, 9.17) is 0 Å². The highest BCUT2D eigenvalue weighted by Gasteiger charge is 2.37. The van der Waals surface area contributed by atoms with E-state index in [-0.39, 0.29) is 11.3 Å². The Bertz CT molecular complexity index is 257. The van der Waals surface area contributed by atoms with Crippen LogP contribution < -0.4 is 10.6 Å². The molecule has 0 aromatic carbocycles. The average Bonchev–Trinajstić information content (AvgIpc) is 2.39. The lowest BCUT2D eigenvalue weighted by molar-refractivity contribution is -0.133. The number of nitrogens with one attached hydrogen (secondary N) is 2. The van der Waals surface area contributed by atoms with Gasteiger partial charge >= 0.3 is 0 Å². The predicted octanol–water partition coefficient (Wildman–Crippen LogP) is 2.71. The van der Waals surface area contributed by atoms with E-state index >= 15 is 0 Å². The molecule has 1 amide bonds. The third-order valence-electron chi connectivity index (χ3n) is 4.37. The molecule has 0 bridgehead atoms. The fourth-order valence-corrected chi connectivity index (χ4v) is 2.75. The second-order valence-corrected chi connectivity index (χ2v) is 6.13. The molecule has 1 heterocycles. The van der Waals surface area contributed by atoms with Gasteiger partial charge < -0.3 is 10.6 Å². The SMILES string of the molecule is CCCC(CC)NC(=O)C(C)(C)C1CCCNC1. The summed E-state index contributed by atoms with van der Waals surface area (Å²) in [5, 5.41) is 6.65. The molecular formula is C15H30N2O. The number of rotatable bonds is 6. The third kappa shape index (κ3) is 3.98. The van der Waals surface area contributed by atoms with Gasteiger partial charge in [0.25, 0.3) is 0 Å². The molecule has 0 saturated carbocycles. The van der Waals surface area contributed by atoms with Crippen molar-refractivity contribution in [1.82, 2.24) is 10.6 Å². The van der Waals surface area contributed by atoms with Crippen LogP contribution in [-0.2, 0) is 4.79 Å². The van der Waals surface area contributed by atoms with E-state index in [9.17, 15) is 4.79 Å². The fourth-order valence-electron chi connectivity index (χ4n) is 2.75. The summed E-state index contributed by atoms with van der Waals surface area (Å²) in [6.07, 6.45) is 5.59. The van der Waals surface area contributed by atoms with Crippen LogP contribution >= 0.6 is 0 Å². The molecule has 1 fully saturated rings. The first-order valence-corrected chi connectivity index (χ1v) is 7.54. The maximum Gasteiger partial charge on any atom is 0.226 e. The molecule has 1 aliphatic heterocycles. The van der Waals surface area contributed by atoms with Crippen LogP contribution in [0.25, 0.3) is 0 Å². The number of amides is 1. The summed E-state index contributed by atoms with van der Waals surface area (Å²) in [5.74, 6) is 0.696.